The molecule has 1 saturated carbocycles. The van der Waals surface area contributed by atoms with Crippen LogP contribution in [-0.2, 0) is 19.1 Å². The third-order valence-corrected chi connectivity index (χ3v) is 4.70. The molecule has 3 unspecified atom stereocenters. The van der Waals surface area contributed by atoms with Crippen LogP contribution in [0, 0.1) is 17.3 Å². The van der Waals surface area contributed by atoms with Gasteiger partial charge in [-0.1, -0.05) is 12.2 Å². The van der Waals surface area contributed by atoms with Gasteiger partial charge in [-0.15, -0.1) is 0 Å². The molecule has 0 radical (unpaired) electrons. The van der Waals surface area contributed by atoms with Gasteiger partial charge in [-0.05, 0) is 44.9 Å². The van der Waals surface area contributed by atoms with Crippen molar-refractivity contribution in [3.8, 4) is 0 Å². The van der Waals surface area contributed by atoms with Crippen LogP contribution in [0.15, 0.2) is 12.2 Å². The Bertz CT molecular complexity index is 451. The molecule has 0 N–H and O–H groups in total. The van der Waals surface area contributed by atoms with E-state index in [0.717, 1.165) is 19.3 Å². The predicted molar refractivity (Wildman–Crippen MR) is 74.0 cm³/mol. The topological polar surface area (TPSA) is 60.4 Å². The van der Waals surface area contributed by atoms with E-state index in [2.05, 4.69) is 12.2 Å². The van der Waals surface area contributed by atoms with Gasteiger partial charge in [0, 0.05) is 6.42 Å². The molecule has 110 valence electrons. The summed E-state index contributed by atoms with van der Waals surface area (Å²) in [4.78, 5) is 36.5. The molecule has 2 rings (SSSR count). The zero-order valence-corrected chi connectivity index (χ0v) is 12.2. The highest BCUT2D eigenvalue weighted by atomic mass is 16.5. The average molecular weight is 278 g/mol. The molecule has 0 heterocycles. The molecular weight excluding hydrogens is 256 g/mol. The van der Waals surface area contributed by atoms with Gasteiger partial charge < -0.3 is 4.74 Å². The second kappa shape index (κ2) is 5.90. The summed E-state index contributed by atoms with van der Waals surface area (Å²) < 4.78 is 5.12. The molecule has 0 aromatic rings. The van der Waals surface area contributed by atoms with E-state index in [0.29, 0.717) is 6.42 Å². The normalized spacial score (nSPS) is 34.1. The Morgan fingerprint density at radius 3 is 2.75 bits per heavy atom. The molecule has 2 aliphatic carbocycles. The second-order valence-corrected chi connectivity index (χ2v) is 5.92. The number of esters is 1. The summed E-state index contributed by atoms with van der Waals surface area (Å²) in [5.74, 6) is -0.789. The van der Waals surface area contributed by atoms with E-state index in [4.69, 9.17) is 4.74 Å². The summed E-state index contributed by atoms with van der Waals surface area (Å²) >= 11 is 0. The highest BCUT2D eigenvalue weighted by molar-refractivity contribution is 6.13. The van der Waals surface area contributed by atoms with E-state index in [-0.39, 0.29) is 36.4 Å². The van der Waals surface area contributed by atoms with Crippen LogP contribution in [0.4, 0.5) is 0 Å². The number of rotatable bonds is 3. The van der Waals surface area contributed by atoms with Crippen molar-refractivity contribution in [1.82, 2.24) is 0 Å². The Morgan fingerprint density at radius 1 is 1.40 bits per heavy atom. The summed E-state index contributed by atoms with van der Waals surface area (Å²) in [6.07, 6.45) is 7.10. The third-order valence-electron chi connectivity index (χ3n) is 4.70. The van der Waals surface area contributed by atoms with E-state index in [1.807, 2.05) is 0 Å². The first-order valence-electron chi connectivity index (χ1n) is 7.37. The smallest absolute Gasteiger partial charge is 0.319 e. The zero-order valence-electron chi connectivity index (χ0n) is 12.2. The van der Waals surface area contributed by atoms with Gasteiger partial charge in [0.15, 0.2) is 5.78 Å². The molecule has 0 amide bonds. The van der Waals surface area contributed by atoms with E-state index < -0.39 is 11.4 Å². The number of ether oxygens (including phenoxy) is 1. The Balaban J connectivity index is 2.31. The lowest BCUT2D eigenvalue weighted by Gasteiger charge is -2.42. The van der Waals surface area contributed by atoms with Crippen molar-refractivity contribution < 1.29 is 19.1 Å². The van der Waals surface area contributed by atoms with Crippen molar-refractivity contribution in [2.75, 3.05) is 6.61 Å². The fraction of sp³-hybridized carbons (Fsp3) is 0.688. The van der Waals surface area contributed by atoms with Gasteiger partial charge >= 0.3 is 5.97 Å². The quantitative estimate of drug-likeness (QED) is 0.452. The van der Waals surface area contributed by atoms with Crippen LogP contribution in [0.5, 0.6) is 0 Å². The van der Waals surface area contributed by atoms with Crippen LogP contribution in [0.3, 0.4) is 0 Å². The molecule has 0 saturated heterocycles. The van der Waals surface area contributed by atoms with Crippen molar-refractivity contribution >= 4 is 17.5 Å². The van der Waals surface area contributed by atoms with Crippen LogP contribution >= 0.6 is 0 Å². The monoisotopic (exact) mass is 278 g/mol. The first-order valence-corrected chi connectivity index (χ1v) is 7.37. The van der Waals surface area contributed by atoms with Crippen LogP contribution in [0.1, 0.15) is 46.0 Å². The van der Waals surface area contributed by atoms with Crippen LogP contribution in [-0.4, -0.2) is 24.1 Å². The molecule has 0 bridgehead atoms. The minimum atomic E-state index is -1.15. The lowest BCUT2D eigenvalue weighted by Crippen LogP contribution is -2.51. The fourth-order valence-electron chi connectivity index (χ4n) is 3.46. The molecule has 2 aliphatic rings. The van der Waals surface area contributed by atoms with Gasteiger partial charge in [0.2, 0.25) is 0 Å². The molecule has 0 spiro atoms. The number of allylic oxidation sites excluding steroid dienone is 2. The van der Waals surface area contributed by atoms with E-state index in [1.165, 1.54) is 0 Å². The summed E-state index contributed by atoms with van der Waals surface area (Å²) in [6, 6.07) is 0. The Kier molecular flexibility index (Phi) is 4.41. The maximum absolute atomic E-state index is 12.4. The van der Waals surface area contributed by atoms with Gasteiger partial charge in [0.1, 0.15) is 11.2 Å². The summed E-state index contributed by atoms with van der Waals surface area (Å²) in [5.41, 5.74) is -1.15. The molecule has 3 atom stereocenters. The molecule has 0 aromatic heterocycles. The van der Waals surface area contributed by atoms with Crippen molar-refractivity contribution in [3.63, 3.8) is 0 Å². The molecule has 0 aliphatic heterocycles. The maximum Gasteiger partial charge on any atom is 0.319 e. The highest BCUT2D eigenvalue weighted by Crippen LogP contribution is 2.46. The molecular formula is C16H22O4. The zero-order chi connectivity index (χ0) is 14.8. The van der Waals surface area contributed by atoms with Gasteiger partial charge in [-0.3, -0.25) is 14.4 Å². The Hall–Kier alpha value is -1.45. The van der Waals surface area contributed by atoms with Crippen molar-refractivity contribution in [3.05, 3.63) is 12.2 Å². The standard InChI is InChI=1S/C16H22O4/c1-3-20-15(19)16(2)13(9-12(17)10-14(16)18)11-7-5-4-6-8-11/h4-5,11,13H,3,6-10H2,1-2H3. The van der Waals surface area contributed by atoms with E-state index >= 15 is 0 Å². The second-order valence-electron chi connectivity index (χ2n) is 5.92. The lowest BCUT2D eigenvalue weighted by molar-refractivity contribution is -0.168. The van der Waals surface area contributed by atoms with Gasteiger partial charge in [0.05, 0.1) is 13.0 Å². The van der Waals surface area contributed by atoms with Gasteiger partial charge in [0.25, 0.3) is 0 Å². The highest BCUT2D eigenvalue weighted by Gasteiger charge is 2.54. The number of Topliss-reactive ketones (excluding diaryl/α,β-unsaturated/α-hetero) is 2. The third kappa shape index (κ3) is 2.56. The molecule has 20 heavy (non-hydrogen) atoms. The molecule has 1 fully saturated rings. The molecule has 0 aromatic carbocycles. The van der Waals surface area contributed by atoms with Crippen molar-refractivity contribution in [1.29, 1.82) is 0 Å². The van der Waals surface area contributed by atoms with Crippen molar-refractivity contribution in [2.24, 2.45) is 17.3 Å². The Morgan fingerprint density at radius 2 is 2.15 bits per heavy atom. The SMILES string of the molecule is CCOC(=O)C1(C)C(=O)CC(=O)CC1C1CC=CCC1. The average Bonchev–Trinajstić information content (AvgIpc) is 2.44. The Labute approximate surface area is 119 Å². The number of ketones is 2. The fourth-order valence-corrected chi connectivity index (χ4v) is 3.46. The van der Waals surface area contributed by atoms with Crippen LogP contribution in [0.25, 0.3) is 0 Å². The number of carbonyl (C=O) groups is 3. The largest absolute Gasteiger partial charge is 0.465 e. The maximum atomic E-state index is 12.4. The van der Waals surface area contributed by atoms with E-state index in [9.17, 15) is 14.4 Å². The summed E-state index contributed by atoms with van der Waals surface area (Å²) in [5, 5.41) is 0. The van der Waals surface area contributed by atoms with Crippen molar-refractivity contribution in [2.45, 2.75) is 46.0 Å². The molecule has 4 heteroatoms. The predicted octanol–water partition coefficient (Wildman–Crippen LogP) is 2.46. The summed E-state index contributed by atoms with van der Waals surface area (Å²) in [6.45, 7) is 3.66. The number of hydrogen-bond donors (Lipinski definition) is 0. The van der Waals surface area contributed by atoms with Gasteiger partial charge in [-0.25, -0.2) is 0 Å². The minimum absolute atomic E-state index is 0.0451. The van der Waals surface area contributed by atoms with Crippen LogP contribution in [0.2, 0.25) is 0 Å². The van der Waals surface area contributed by atoms with E-state index in [1.54, 1.807) is 13.8 Å². The van der Waals surface area contributed by atoms with Gasteiger partial charge in [-0.2, -0.15) is 0 Å². The minimum Gasteiger partial charge on any atom is -0.465 e. The first kappa shape index (κ1) is 14.9. The first-order chi connectivity index (χ1) is 9.50. The lowest BCUT2D eigenvalue weighted by atomic mass is 9.60. The summed E-state index contributed by atoms with van der Waals surface area (Å²) in [7, 11) is 0. The number of hydrogen-bond acceptors (Lipinski definition) is 4. The van der Waals surface area contributed by atoms with Crippen LogP contribution < -0.4 is 0 Å². The molecule has 4 nitrogen and oxygen atoms in total. The number of carbonyl (C=O) groups excluding carboxylic acids is 3.